The minimum atomic E-state index is 0.0747. The minimum absolute atomic E-state index is 0.0747. The van der Waals surface area contributed by atoms with E-state index in [4.69, 9.17) is 4.74 Å². The van der Waals surface area contributed by atoms with Crippen molar-refractivity contribution in [2.45, 2.75) is 33.6 Å². The molecule has 0 aliphatic heterocycles. The van der Waals surface area contributed by atoms with E-state index in [1.54, 1.807) is 13.0 Å². The van der Waals surface area contributed by atoms with Gasteiger partial charge in [0, 0.05) is 11.1 Å². The molecule has 0 fully saturated rings. The zero-order chi connectivity index (χ0) is 12.8. The van der Waals surface area contributed by atoms with E-state index in [1.807, 2.05) is 19.1 Å². The van der Waals surface area contributed by atoms with E-state index in [9.17, 15) is 4.79 Å². The largest absolute Gasteiger partial charge is 0.493 e. The number of hydrogen-bond donors (Lipinski definition) is 0. The molecule has 1 aromatic carbocycles. The van der Waals surface area contributed by atoms with Crippen LogP contribution in [0.2, 0.25) is 0 Å². The number of hydrogen-bond acceptors (Lipinski definition) is 2. The lowest BCUT2D eigenvalue weighted by atomic mass is 10.0. The van der Waals surface area contributed by atoms with Crippen molar-refractivity contribution in [1.82, 2.24) is 0 Å². The molecule has 0 heterocycles. The molecule has 0 bridgehead atoms. The predicted octanol–water partition coefficient (Wildman–Crippen LogP) is 4.02. The Morgan fingerprint density at radius 3 is 2.71 bits per heavy atom. The molecular weight excluding hydrogens is 212 g/mol. The number of unbranched alkanes of at least 4 members (excludes halogenated alkanes) is 1. The first-order valence-electron chi connectivity index (χ1n) is 6.01. The van der Waals surface area contributed by atoms with Gasteiger partial charge in [0.1, 0.15) is 5.75 Å². The van der Waals surface area contributed by atoms with Crippen molar-refractivity contribution in [1.29, 1.82) is 0 Å². The maximum atomic E-state index is 11.4. The van der Waals surface area contributed by atoms with Gasteiger partial charge in [0.15, 0.2) is 5.78 Å². The van der Waals surface area contributed by atoms with E-state index in [0.717, 1.165) is 35.3 Å². The number of aryl methyl sites for hydroxylation is 1. The second-order valence-corrected chi connectivity index (χ2v) is 4.17. The van der Waals surface area contributed by atoms with Crippen molar-refractivity contribution < 1.29 is 9.53 Å². The first kappa shape index (κ1) is 13.5. The van der Waals surface area contributed by atoms with Crippen molar-refractivity contribution in [3.8, 4) is 5.75 Å². The molecule has 0 saturated carbocycles. The van der Waals surface area contributed by atoms with Gasteiger partial charge in [-0.1, -0.05) is 26.0 Å². The Kier molecular flexibility index (Phi) is 4.95. The fraction of sp³-hybridized carbons (Fsp3) is 0.400. The molecule has 0 aliphatic carbocycles. The van der Waals surface area contributed by atoms with Crippen LogP contribution >= 0.6 is 0 Å². The summed E-state index contributed by atoms with van der Waals surface area (Å²) >= 11 is 0. The number of Topliss-reactive ketones (excluding diaryl/α,β-unsaturated/α-hetero) is 1. The van der Waals surface area contributed by atoms with Crippen LogP contribution in [0.1, 0.15) is 48.2 Å². The highest BCUT2D eigenvalue weighted by Gasteiger charge is 2.09. The number of ether oxygens (including phenoxy) is 1. The number of ketones is 1. The fourth-order valence-corrected chi connectivity index (χ4v) is 1.69. The third-order valence-corrected chi connectivity index (χ3v) is 2.71. The molecule has 2 heteroatoms. The van der Waals surface area contributed by atoms with Gasteiger partial charge in [0.05, 0.1) is 6.61 Å². The first-order valence-corrected chi connectivity index (χ1v) is 6.01. The maximum absolute atomic E-state index is 11.4. The number of carbonyl (C=O) groups excluding carboxylic acids is 1. The second kappa shape index (κ2) is 6.24. The van der Waals surface area contributed by atoms with Crippen LogP contribution in [0.25, 0.3) is 6.08 Å². The van der Waals surface area contributed by atoms with E-state index < -0.39 is 0 Å². The third-order valence-electron chi connectivity index (χ3n) is 2.71. The number of carbonyl (C=O) groups is 1. The van der Waals surface area contributed by atoms with Gasteiger partial charge in [0.2, 0.25) is 0 Å². The Morgan fingerprint density at radius 1 is 1.47 bits per heavy atom. The van der Waals surface area contributed by atoms with Gasteiger partial charge in [-0.2, -0.15) is 0 Å². The summed E-state index contributed by atoms with van der Waals surface area (Å²) in [6.07, 6.45) is 3.87. The van der Waals surface area contributed by atoms with Gasteiger partial charge >= 0.3 is 0 Å². The quantitative estimate of drug-likeness (QED) is 0.547. The molecule has 0 N–H and O–H groups in total. The summed E-state index contributed by atoms with van der Waals surface area (Å²) in [5, 5.41) is 0. The SMILES string of the molecule is C=Cc1cc(C(C)=O)c(C)cc1OCCCC. The topological polar surface area (TPSA) is 26.3 Å². The Hall–Kier alpha value is -1.57. The minimum Gasteiger partial charge on any atom is -0.493 e. The van der Waals surface area contributed by atoms with E-state index >= 15 is 0 Å². The second-order valence-electron chi connectivity index (χ2n) is 4.17. The Morgan fingerprint density at radius 2 is 2.18 bits per heavy atom. The molecule has 0 aromatic heterocycles. The van der Waals surface area contributed by atoms with Crippen LogP contribution in [0.15, 0.2) is 18.7 Å². The fourth-order valence-electron chi connectivity index (χ4n) is 1.69. The third kappa shape index (κ3) is 3.45. The highest BCUT2D eigenvalue weighted by atomic mass is 16.5. The van der Waals surface area contributed by atoms with Crippen molar-refractivity contribution in [2.24, 2.45) is 0 Å². The summed E-state index contributed by atoms with van der Waals surface area (Å²) in [6.45, 7) is 10.1. The number of benzene rings is 1. The molecule has 17 heavy (non-hydrogen) atoms. The van der Waals surface area contributed by atoms with Crippen LogP contribution in [0, 0.1) is 6.92 Å². The van der Waals surface area contributed by atoms with Gasteiger partial charge in [-0.25, -0.2) is 0 Å². The molecule has 0 saturated heterocycles. The van der Waals surface area contributed by atoms with Gasteiger partial charge in [-0.15, -0.1) is 0 Å². The summed E-state index contributed by atoms with van der Waals surface area (Å²) in [5.74, 6) is 0.890. The average Bonchev–Trinajstić information content (AvgIpc) is 2.29. The van der Waals surface area contributed by atoms with Crippen molar-refractivity contribution >= 4 is 11.9 Å². The standard InChI is InChI=1S/C15H20O2/c1-5-7-8-17-15-9-11(3)14(12(4)16)10-13(15)6-2/h6,9-10H,2,5,7-8H2,1,3-4H3. The van der Waals surface area contributed by atoms with Crippen molar-refractivity contribution in [3.63, 3.8) is 0 Å². The molecule has 92 valence electrons. The zero-order valence-corrected chi connectivity index (χ0v) is 10.9. The van der Waals surface area contributed by atoms with Crippen LogP contribution in [0.5, 0.6) is 5.75 Å². The zero-order valence-electron chi connectivity index (χ0n) is 10.9. The number of rotatable bonds is 6. The molecule has 0 amide bonds. The van der Waals surface area contributed by atoms with E-state index in [1.165, 1.54) is 0 Å². The van der Waals surface area contributed by atoms with E-state index in [-0.39, 0.29) is 5.78 Å². The molecule has 2 nitrogen and oxygen atoms in total. The highest BCUT2D eigenvalue weighted by molar-refractivity contribution is 5.96. The van der Waals surface area contributed by atoms with E-state index in [0.29, 0.717) is 6.61 Å². The lowest BCUT2D eigenvalue weighted by molar-refractivity contribution is 0.101. The van der Waals surface area contributed by atoms with Gasteiger partial charge in [-0.3, -0.25) is 4.79 Å². The molecule has 1 aromatic rings. The molecule has 0 unspecified atom stereocenters. The average molecular weight is 232 g/mol. The summed E-state index contributed by atoms with van der Waals surface area (Å²) in [5.41, 5.74) is 2.58. The first-order chi connectivity index (χ1) is 8.10. The normalized spacial score (nSPS) is 10.1. The van der Waals surface area contributed by atoms with Crippen LogP contribution < -0.4 is 4.74 Å². The van der Waals surface area contributed by atoms with Crippen LogP contribution in [0.4, 0.5) is 0 Å². The maximum Gasteiger partial charge on any atom is 0.160 e. The smallest absolute Gasteiger partial charge is 0.160 e. The molecule has 0 atom stereocenters. The predicted molar refractivity (Wildman–Crippen MR) is 71.7 cm³/mol. The Balaban J connectivity index is 3.01. The van der Waals surface area contributed by atoms with Gasteiger partial charge in [0.25, 0.3) is 0 Å². The summed E-state index contributed by atoms with van der Waals surface area (Å²) in [6, 6.07) is 3.77. The Labute approximate surface area is 103 Å². The van der Waals surface area contributed by atoms with Gasteiger partial charge < -0.3 is 4.74 Å². The Bertz CT molecular complexity index is 419. The van der Waals surface area contributed by atoms with Gasteiger partial charge in [-0.05, 0) is 38.0 Å². The highest BCUT2D eigenvalue weighted by Crippen LogP contribution is 2.25. The summed E-state index contributed by atoms with van der Waals surface area (Å²) in [4.78, 5) is 11.4. The van der Waals surface area contributed by atoms with Crippen LogP contribution in [-0.4, -0.2) is 12.4 Å². The summed E-state index contributed by atoms with van der Waals surface area (Å²) in [7, 11) is 0. The molecule has 0 radical (unpaired) electrons. The monoisotopic (exact) mass is 232 g/mol. The lowest BCUT2D eigenvalue weighted by Crippen LogP contribution is -2.02. The van der Waals surface area contributed by atoms with Crippen molar-refractivity contribution in [2.75, 3.05) is 6.61 Å². The molecule has 0 aliphatic rings. The molecule has 0 spiro atoms. The van der Waals surface area contributed by atoms with Crippen LogP contribution in [-0.2, 0) is 0 Å². The lowest BCUT2D eigenvalue weighted by Gasteiger charge is -2.12. The molecular formula is C15H20O2. The van der Waals surface area contributed by atoms with Crippen molar-refractivity contribution in [3.05, 3.63) is 35.4 Å². The van der Waals surface area contributed by atoms with Crippen LogP contribution in [0.3, 0.4) is 0 Å². The molecule has 1 rings (SSSR count). The van der Waals surface area contributed by atoms with E-state index in [2.05, 4.69) is 13.5 Å². The summed E-state index contributed by atoms with van der Waals surface area (Å²) < 4.78 is 5.70.